The van der Waals surface area contributed by atoms with E-state index in [4.69, 9.17) is 9.47 Å². The second-order valence-electron chi connectivity index (χ2n) is 12.8. The smallest absolute Gasteiger partial charge is 0.269 e. The summed E-state index contributed by atoms with van der Waals surface area (Å²) in [4.78, 5) is 28.6. The number of nitrogens with zero attached hydrogens (tertiary/aromatic N) is 4. The van der Waals surface area contributed by atoms with E-state index in [1.165, 1.54) is 0 Å². The van der Waals surface area contributed by atoms with Gasteiger partial charge in [0, 0.05) is 41.1 Å². The Bertz CT molecular complexity index is 1800. The molecule has 10 nitrogen and oxygen atoms in total. The molecule has 1 spiro atoms. The Labute approximate surface area is 267 Å². The molecule has 238 valence electrons. The Morgan fingerprint density at radius 2 is 1.87 bits per heavy atom. The van der Waals surface area contributed by atoms with Crippen molar-refractivity contribution in [3.05, 3.63) is 95.8 Å². The van der Waals surface area contributed by atoms with Crippen molar-refractivity contribution in [3.8, 4) is 5.75 Å². The number of carbonyl (C=O) groups excluding carboxylic acids is 2. The molecule has 1 saturated heterocycles. The van der Waals surface area contributed by atoms with Crippen LogP contribution in [0.3, 0.4) is 0 Å². The van der Waals surface area contributed by atoms with Gasteiger partial charge in [0.05, 0.1) is 30.0 Å². The molecule has 3 aliphatic heterocycles. The number of fused-ring (bicyclic) bond motifs is 3. The van der Waals surface area contributed by atoms with Gasteiger partial charge in [-0.2, -0.15) is 0 Å². The highest BCUT2D eigenvalue weighted by Crippen LogP contribution is 2.59. The van der Waals surface area contributed by atoms with Crippen LogP contribution in [0, 0.1) is 5.92 Å². The molecule has 1 unspecified atom stereocenters. The number of rotatable bonds is 8. The van der Waals surface area contributed by atoms with Crippen LogP contribution < -0.4 is 15.0 Å². The summed E-state index contributed by atoms with van der Waals surface area (Å²) in [6.07, 6.45) is 1.64. The van der Waals surface area contributed by atoms with Gasteiger partial charge >= 0.3 is 0 Å². The van der Waals surface area contributed by atoms with Gasteiger partial charge in [0.2, 0.25) is 8.41 Å². The molecule has 0 aliphatic carbocycles. The minimum atomic E-state index is -3.36. The van der Waals surface area contributed by atoms with Crippen molar-refractivity contribution in [3.63, 3.8) is 0 Å². The maximum atomic E-state index is 16.2. The highest BCUT2D eigenvalue weighted by molar-refractivity contribution is 6.72. The van der Waals surface area contributed by atoms with E-state index in [0.29, 0.717) is 47.0 Å². The summed E-state index contributed by atoms with van der Waals surface area (Å²) in [5.41, 5.74) is 2.04. The first-order valence-electron chi connectivity index (χ1n) is 15.5. The lowest BCUT2D eigenvalue weighted by molar-refractivity contribution is -0.143. The number of aryl methyl sites for hydroxylation is 1. The van der Waals surface area contributed by atoms with Crippen LogP contribution in [0.1, 0.15) is 36.1 Å². The second-order valence-corrected chi connectivity index (χ2v) is 16.6. The summed E-state index contributed by atoms with van der Waals surface area (Å²) in [6.45, 7) is 5.39. The van der Waals surface area contributed by atoms with Crippen molar-refractivity contribution in [1.29, 1.82) is 0 Å². The number of hydrogen-bond donors (Lipinski definition) is 2. The molecule has 2 amide bonds. The van der Waals surface area contributed by atoms with Gasteiger partial charge in [-0.15, -0.1) is 5.10 Å². The number of para-hydroxylation sites is 2. The van der Waals surface area contributed by atoms with Gasteiger partial charge in [0.25, 0.3) is 11.8 Å². The lowest BCUT2D eigenvalue weighted by Crippen LogP contribution is -2.42. The molecule has 0 bridgehead atoms. The molecule has 4 heterocycles. The minimum absolute atomic E-state index is 0.108. The SMILES string of the molecule is C[C@@H]1[C@@H]([Si](C)(C)F)[C@H](CCn2cc(C(CO)c3ccccc3)nn2)O[C@@]12C(=O)Nc1ccc(N3C(=O)COc4ccccc43)cc12. The van der Waals surface area contributed by atoms with Gasteiger partial charge in [-0.05, 0) is 55.4 Å². The number of aliphatic hydroxyl groups is 1. The topological polar surface area (TPSA) is 119 Å². The largest absolute Gasteiger partial charge is 0.482 e. The minimum Gasteiger partial charge on any atom is -0.482 e. The van der Waals surface area contributed by atoms with Crippen LogP contribution in [0.2, 0.25) is 18.6 Å². The zero-order valence-electron chi connectivity index (χ0n) is 25.9. The molecule has 0 saturated carbocycles. The van der Waals surface area contributed by atoms with Crippen LogP contribution in [-0.2, 0) is 26.5 Å². The number of hydrogen-bond acceptors (Lipinski definition) is 7. The number of aromatic nitrogens is 3. The molecule has 4 aromatic rings. The van der Waals surface area contributed by atoms with Gasteiger partial charge in [-0.25, -0.2) is 0 Å². The van der Waals surface area contributed by atoms with E-state index in [2.05, 4.69) is 15.6 Å². The molecule has 1 aromatic heterocycles. The van der Waals surface area contributed by atoms with Gasteiger partial charge in [-0.1, -0.05) is 54.6 Å². The van der Waals surface area contributed by atoms with Gasteiger partial charge < -0.3 is 24.0 Å². The molecular weight excluding hydrogens is 605 g/mol. The summed E-state index contributed by atoms with van der Waals surface area (Å²) in [7, 11) is -3.36. The summed E-state index contributed by atoms with van der Waals surface area (Å²) >= 11 is 0. The highest BCUT2D eigenvalue weighted by atomic mass is 28.4. The Kier molecular flexibility index (Phi) is 7.53. The van der Waals surface area contributed by atoms with Crippen LogP contribution >= 0.6 is 0 Å². The fraction of sp³-hybridized carbons (Fsp3) is 0.353. The molecule has 46 heavy (non-hydrogen) atoms. The Hall–Kier alpha value is -4.39. The van der Waals surface area contributed by atoms with E-state index in [1.807, 2.05) is 67.6 Å². The molecule has 7 rings (SSSR count). The van der Waals surface area contributed by atoms with E-state index in [9.17, 15) is 14.7 Å². The van der Waals surface area contributed by atoms with Crippen molar-refractivity contribution in [2.75, 3.05) is 23.4 Å². The molecule has 12 heteroatoms. The first-order valence-corrected chi connectivity index (χ1v) is 18.5. The lowest BCUT2D eigenvalue weighted by atomic mass is 9.82. The zero-order valence-corrected chi connectivity index (χ0v) is 26.9. The van der Waals surface area contributed by atoms with E-state index >= 15 is 4.11 Å². The number of carbonyl (C=O) groups is 2. The van der Waals surface area contributed by atoms with Crippen LogP contribution in [0.5, 0.6) is 5.75 Å². The molecular formula is C34H36FN5O5Si. The number of benzene rings is 3. The number of nitrogens with one attached hydrogen (secondary N) is 1. The van der Waals surface area contributed by atoms with E-state index in [1.54, 1.807) is 41.0 Å². The molecule has 3 aliphatic rings. The first kappa shape index (κ1) is 30.3. The summed E-state index contributed by atoms with van der Waals surface area (Å²) in [6, 6.07) is 22.3. The standard InChI is InChI=1S/C34H36FN5O5Si/c1-21-32(46(2,3)35)30(15-16-39-18-27(37-38-39)24(19-41)22-9-5-4-6-10-22)45-34(21)25-17-23(13-14-26(25)36-33(34)43)40-28-11-7-8-12-29(28)44-20-31(40)42/h4-14,17-18,21,24,30,32,41H,15-16,19-20H2,1-3H3,(H,36,43)/t21-,24?,30+,32-,34+/m1/s1. The van der Waals surface area contributed by atoms with Crippen molar-refractivity contribution >= 4 is 37.3 Å². The number of amides is 2. The monoisotopic (exact) mass is 641 g/mol. The normalized spacial score (nSPS) is 24.5. The number of halogens is 1. The molecule has 0 radical (unpaired) electrons. The van der Waals surface area contributed by atoms with Crippen LogP contribution in [-0.4, -0.2) is 59.6 Å². The third kappa shape index (κ3) is 4.91. The summed E-state index contributed by atoms with van der Waals surface area (Å²) in [5.74, 6) is -0.766. The van der Waals surface area contributed by atoms with Crippen LogP contribution in [0.15, 0.2) is 79.0 Å². The molecule has 1 fully saturated rings. The second kappa shape index (κ2) is 11.4. The van der Waals surface area contributed by atoms with E-state index in [-0.39, 0.29) is 30.9 Å². The van der Waals surface area contributed by atoms with Gasteiger partial charge in [0.15, 0.2) is 12.2 Å². The average molecular weight is 642 g/mol. The Balaban J connectivity index is 1.19. The quantitative estimate of drug-likeness (QED) is 0.199. The molecule has 5 atom stereocenters. The predicted molar refractivity (Wildman–Crippen MR) is 172 cm³/mol. The Morgan fingerprint density at radius 3 is 2.63 bits per heavy atom. The number of anilines is 3. The summed E-state index contributed by atoms with van der Waals surface area (Å²) in [5, 5.41) is 21.7. The fourth-order valence-electron chi connectivity index (χ4n) is 7.55. The molecule has 2 N–H and O–H groups in total. The van der Waals surface area contributed by atoms with Crippen molar-refractivity contribution < 1.29 is 28.3 Å². The highest BCUT2D eigenvalue weighted by Gasteiger charge is 2.65. The van der Waals surface area contributed by atoms with E-state index in [0.717, 1.165) is 5.56 Å². The lowest BCUT2D eigenvalue weighted by Gasteiger charge is -2.32. The average Bonchev–Trinajstić information content (AvgIpc) is 3.71. The fourth-order valence-corrected chi connectivity index (χ4v) is 10.1. The third-order valence-electron chi connectivity index (χ3n) is 9.60. The van der Waals surface area contributed by atoms with Crippen molar-refractivity contribution in [2.45, 2.75) is 56.1 Å². The van der Waals surface area contributed by atoms with Crippen LogP contribution in [0.4, 0.5) is 21.2 Å². The van der Waals surface area contributed by atoms with Crippen LogP contribution in [0.25, 0.3) is 0 Å². The molecule has 3 aromatic carbocycles. The van der Waals surface area contributed by atoms with Gasteiger partial charge in [0.1, 0.15) is 5.75 Å². The predicted octanol–water partition coefficient (Wildman–Crippen LogP) is 5.28. The van der Waals surface area contributed by atoms with Crippen molar-refractivity contribution in [2.24, 2.45) is 5.92 Å². The Morgan fingerprint density at radius 1 is 1.11 bits per heavy atom. The third-order valence-corrected chi connectivity index (χ3v) is 12.1. The van der Waals surface area contributed by atoms with Gasteiger partial charge in [-0.3, -0.25) is 19.2 Å². The number of aliphatic hydroxyl groups excluding tert-OH is 1. The number of ether oxygens (including phenoxy) is 2. The maximum absolute atomic E-state index is 16.2. The summed E-state index contributed by atoms with van der Waals surface area (Å²) < 4.78 is 30.3. The first-order chi connectivity index (χ1) is 22.1. The van der Waals surface area contributed by atoms with Crippen molar-refractivity contribution in [1.82, 2.24) is 15.0 Å². The maximum Gasteiger partial charge on any atom is 0.269 e. The van der Waals surface area contributed by atoms with E-state index < -0.39 is 31.6 Å². The zero-order chi connectivity index (χ0) is 32.2.